The van der Waals surface area contributed by atoms with Gasteiger partial charge >= 0.3 is 24.3 Å². The molecule has 2 aromatic heterocycles. The van der Waals surface area contributed by atoms with Crippen LogP contribution in [-0.4, -0.2) is 121 Å². The molecule has 6 N–H and O–H groups in total. The zero-order valence-electron chi connectivity index (χ0n) is 40.0. The van der Waals surface area contributed by atoms with Crippen molar-refractivity contribution in [1.29, 1.82) is 0 Å². The summed E-state index contributed by atoms with van der Waals surface area (Å²) in [7, 11) is 0. The van der Waals surface area contributed by atoms with Gasteiger partial charge in [0.15, 0.2) is 0 Å². The van der Waals surface area contributed by atoms with E-state index in [-0.39, 0.29) is 59.9 Å². The Labute approximate surface area is 402 Å². The average Bonchev–Trinajstić information content (AvgIpc) is 3.64. The molecule has 70 heavy (non-hydrogen) atoms. The molecule has 0 spiro atoms. The summed E-state index contributed by atoms with van der Waals surface area (Å²) in [6.07, 6.45) is -2.83. The molecule has 1 saturated heterocycles. The quantitative estimate of drug-likeness (QED) is 0.0892. The van der Waals surface area contributed by atoms with E-state index in [0.29, 0.717) is 55.4 Å². The second kappa shape index (κ2) is 21.7. The standard InChI is InChI=1S/C46H58N10O7.C2HF3O2/c1-26-33(20-21-36(48-26)41(58)51-38-34-24-56(25-35(34)38)44(61)63-46(5,6)7)29-12-8-27(9-13-29)22-37(42(59)49-32-18-16-30(17-19-32)39-52-54-55-53-39)50-40(57)31-14-10-28(11-15-31)23-47-43(60)62-45(2,3)4;3-2(4,5)1(6)7/h8-9,12-13,16-21,28,31,34-35,37-38H,10-11,14-15,22-25H2,1-7H3,(H,47,60)(H,49,59)(H,50,57)(H,51,58)(H,52,53,54,55);(H,6,7)/t28?,31?,34?,35?,37-,38?;/m0./s1. The monoisotopic (exact) mass is 976 g/mol. The molecular formula is C48H59F3N10O9. The van der Waals surface area contributed by atoms with Gasteiger partial charge in [0.1, 0.15) is 22.9 Å². The van der Waals surface area contributed by atoms with Crippen LogP contribution in [0.15, 0.2) is 60.7 Å². The minimum absolute atomic E-state index is 0.000620. The normalized spacial score (nSPS) is 20.1. The number of aryl methyl sites for hydroxylation is 1. The van der Waals surface area contributed by atoms with Gasteiger partial charge in [-0.2, -0.15) is 18.4 Å². The molecule has 3 atom stereocenters. The van der Waals surface area contributed by atoms with Crippen LogP contribution in [0.1, 0.15) is 89.0 Å². The van der Waals surface area contributed by atoms with Gasteiger partial charge in [-0.3, -0.25) is 14.4 Å². The number of tetrazole rings is 1. The Hall–Kier alpha value is -7.13. The highest BCUT2D eigenvalue weighted by Gasteiger charge is 2.58. The molecule has 19 nitrogen and oxygen atoms in total. The van der Waals surface area contributed by atoms with Crippen molar-refractivity contribution in [2.75, 3.05) is 25.0 Å². The number of carboxylic acid groups (broad SMARTS) is 1. The Balaban J connectivity index is 0.00000107. The van der Waals surface area contributed by atoms with Crippen LogP contribution >= 0.6 is 0 Å². The van der Waals surface area contributed by atoms with Gasteiger partial charge in [-0.05, 0) is 127 Å². The van der Waals surface area contributed by atoms with Crippen molar-refractivity contribution in [3.05, 3.63) is 77.6 Å². The summed E-state index contributed by atoms with van der Waals surface area (Å²) < 4.78 is 42.6. The molecule has 2 saturated carbocycles. The van der Waals surface area contributed by atoms with Gasteiger partial charge in [-0.25, -0.2) is 19.4 Å². The third kappa shape index (κ3) is 14.7. The summed E-state index contributed by atoms with van der Waals surface area (Å²) in [5, 5.41) is 33.1. The molecule has 7 rings (SSSR count). The molecule has 1 aliphatic heterocycles. The number of H-pyrrole nitrogens is 1. The van der Waals surface area contributed by atoms with Gasteiger partial charge < -0.3 is 40.7 Å². The van der Waals surface area contributed by atoms with Crippen molar-refractivity contribution in [3.8, 4) is 22.5 Å². The third-order valence-corrected chi connectivity index (χ3v) is 11.9. The first-order chi connectivity index (χ1) is 32.8. The second-order valence-electron chi connectivity index (χ2n) is 19.7. The number of halogens is 3. The van der Waals surface area contributed by atoms with Crippen molar-refractivity contribution in [3.63, 3.8) is 0 Å². The van der Waals surface area contributed by atoms with Crippen LogP contribution in [0, 0.1) is 30.6 Å². The number of fused-ring (bicyclic) bond motifs is 1. The van der Waals surface area contributed by atoms with Crippen molar-refractivity contribution in [2.45, 2.75) is 110 Å². The van der Waals surface area contributed by atoms with Gasteiger partial charge in [0.25, 0.3) is 5.91 Å². The van der Waals surface area contributed by atoms with Crippen LogP contribution in [0.25, 0.3) is 22.5 Å². The number of pyridine rings is 1. The number of carboxylic acids is 1. The highest BCUT2D eigenvalue weighted by Crippen LogP contribution is 2.46. The lowest BCUT2D eigenvalue weighted by Crippen LogP contribution is -2.48. The number of aliphatic carboxylic acids is 1. The van der Waals surface area contributed by atoms with E-state index in [4.69, 9.17) is 19.4 Å². The van der Waals surface area contributed by atoms with Crippen molar-refractivity contribution < 1.29 is 56.5 Å². The van der Waals surface area contributed by atoms with E-state index < -0.39 is 35.5 Å². The number of rotatable bonds is 12. The predicted molar refractivity (Wildman–Crippen MR) is 248 cm³/mol. The zero-order chi connectivity index (χ0) is 51.1. The SMILES string of the molecule is Cc1nc(C(=O)NC2C3CN(C(=O)OC(C)(C)C)CC32)ccc1-c1ccc(C[C@H](NC(=O)C2CCC(CNC(=O)OC(C)(C)C)CC2)C(=O)Nc2ccc(-c3nn[nH]n3)cc2)cc1.O=C(O)C(F)(F)F. The minimum atomic E-state index is -5.08. The topological polar surface area (TPSA) is 260 Å². The maximum atomic E-state index is 13.9. The Morgan fingerprint density at radius 1 is 0.829 bits per heavy atom. The number of hydrogen-bond acceptors (Lipinski definition) is 12. The van der Waals surface area contributed by atoms with Crippen LogP contribution in [0.5, 0.6) is 0 Å². The van der Waals surface area contributed by atoms with Crippen molar-refractivity contribution in [1.82, 2.24) is 46.5 Å². The van der Waals surface area contributed by atoms with Crippen LogP contribution < -0.4 is 21.3 Å². The molecule has 4 aromatic rings. The van der Waals surface area contributed by atoms with Crippen LogP contribution in [0.4, 0.5) is 28.4 Å². The molecule has 376 valence electrons. The molecule has 5 amide bonds. The highest BCUT2D eigenvalue weighted by atomic mass is 19.4. The van der Waals surface area contributed by atoms with E-state index in [1.807, 2.05) is 78.8 Å². The van der Waals surface area contributed by atoms with Crippen LogP contribution in [0.2, 0.25) is 0 Å². The summed E-state index contributed by atoms with van der Waals surface area (Å²) in [4.78, 5) is 80.8. The average molecular weight is 977 g/mol. The van der Waals surface area contributed by atoms with Gasteiger partial charge in [-0.15, -0.1) is 10.2 Å². The zero-order valence-corrected chi connectivity index (χ0v) is 40.0. The maximum Gasteiger partial charge on any atom is 0.490 e. The number of aromatic amines is 1. The molecule has 0 bridgehead atoms. The Kier molecular flexibility index (Phi) is 16.2. The predicted octanol–water partition coefficient (Wildman–Crippen LogP) is 6.46. The van der Waals surface area contributed by atoms with E-state index >= 15 is 0 Å². The Bertz CT molecular complexity index is 2490. The molecule has 3 aliphatic rings. The summed E-state index contributed by atoms with van der Waals surface area (Å²) >= 11 is 0. The number of amides is 5. The van der Waals surface area contributed by atoms with E-state index in [2.05, 4.69) is 46.9 Å². The van der Waals surface area contributed by atoms with Gasteiger partial charge in [-0.1, -0.05) is 30.3 Å². The van der Waals surface area contributed by atoms with Crippen LogP contribution in [0.3, 0.4) is 0 Å². The van der Waals surface area contributed by atoms with Crippen LogP contribution in [-0.2, 0) is 30.3 Å². The first-order valence-corrected chi connectivity index (χ1v) is 22.9. The van der Waals surface area contributed by atoms with E-state index in [9.17, 15) is 37.1 Å². The lowest BCUT2D eigenvalue weighted by molar-refractivity contribution is -0.192. The van der Waals surface area contributed by atoms with E-state index in [0.717, 1.165) is 35.1 Å². The van der Waals surface area contributed by atoms with Gasteiger partial charge in [0.05, 0.1) is 0 Å². The molecular weight excluding hydrogens is 918 g/mol. The summed E-state index contributed by atoms with van der Waals surface area (Å²) in [5.41, 5.74) is 3.72. The largest absolute Gasteiger partial charge is 0.490 e. The molecule has 3 fully saturated rings. The number of alkyl halides is 3. The number of nitrogens with one attached hydrogen (secondary N) is 5. The molecule has 0 radical (unpaired) electrons. The number of carbonyl (C=O) groups excluding carboxylic acids is 5. The molecule has 3 heterocycles. The third-order valence-electron chi connectivity index (χ3n) is 11.9. The number of benzene rings is 2. The summed E-state index contributed by atoms with van der Waals surface area (Å²) in [6.45, 7) is 14.4. The molecule has 2 unspecified atom stereocenters. The fourth-order valence-electron chi connectivity index (χ4n) is 8.38. The number of piperidine rings is 1. The lowest BCUT2D eigenvalue weighted by Gasteiger charge is -2.29. The summed E-state index contributed by atoms with van der Waals surface area (Å²) in [5.74, 6) is -2.76. The number of aromatic nitrogens is 5. The molecule has 2 aromatic carbocycles. The number of carbonyl (C=O) groups is 6. The van der Waals surface area contributed by atoms with E-state index in [1.54, 1.807) is 35.2 Å². The maximum absolute atomic E-state index is 13.9. The number of likely N-dealkylation sites (tertiary alicyclic amines) is 1. The highest BCUT2D eigenvalue weighted by molar-refractivity contribution is 5.98. The van der Waals surface area contributed by atoms with E-state index in [1.165, 1.54) is 0 Å². The molecule has 22 heteroatoms. The van der Waals surface area contributed by atoms with Crippen molar-refractivity contribution >= 4 is 41.6 Å². The number of anilines is 1. The first-order valence-electron chi connectivity index (χ1n) is 22.9. The summed E-state index contributed by atoms with van der Waals surface area (Å²) in [6, 6.07) is 17.5. The minimum Gasteiger partial charge on any atom is -0.475 e. The smallest absolute Gasteiger partial charge is 0.475 e. The number of hydrogen-bond donors (Lipinski definition) is 6. The lowest BCUT2D eigenvalue weighted by atomic mass is 9.81. The number of alkyl carbamates (subject to hydrolysis) is 1. The fourth-order valence-corrected chi connectivity index (χ4v) is 8.38. The Morgan fingerprint density at radius 3 is 1.97 bits per heavy atom. The number of nitrogens with zero attached hydrogens (tertiary/aromatic N) is 5. The van der Waals surface area contributed by atoms with Gasteiger partial charge in [0, 0.05) is 72.4 Å². The number of ether oxygens (including phenoxy) is 2. The Morgan fingerprint density at radius 2 is 1.43 bits per heavy atom. The van der Waals surface area contributed by atoms with Crippen molar-refractivity contribution in [2.24, 2.45) is 23.7 Å². The second-order valence-corrected chi connectivity index (χ2v) is 19.7. The fraction of sp³-hybridized carbons (Fsp3) is 0.500. The molecule has 2 aliphatic carbocycles. The van der Waals surface area contributed by atoms with Gasteiger partial charge in [0.2, 0.25) is 17.6 Å². The first kappa shape index (κ1) is 52.2.